The normalized spacial score (nSPS) is 15.0. The number of nitriles is 1. The van der Waals surface area contributed by atoms with E-state index in [1.165, 1.54) is 6.07 Å². The van der Waals surface area contributed by atoms with Crippen LogP contribution in [-0.4, -0.2) is 39.8 Å². The third-order valence-electron chi connectivity index (χ3n) is 4.25. The number of nitrogen functional groups attached to an aromatic ring is 1. The van der Waals surface area contributed by atoms with E-state index in [0.717, 1.165) is 12.8 Å². The predicted octanol–water partition coefficient (Wildman–Crippen LogP) is 2.29. The number of nitrogens with two attached hydrogens (primary N) is 1. The first-order valence-electron chi connectivity index (χ1n) is 8.58. The SMILES string of the molecule is CC(C)n1cc(C(=N)c2c(N)cc(C#N)nc2OC2CCOCC2)cn1. The van der Waals surface area contributed by atoms with Crippen molar-refractivity contribution in [2.45, 2.75) is 38.8 Å². The van der Waals surface area contributed by atoms with Gasteiger partial charge in [0.25, 0.3) is 0 Å². The van der Waals surface area contributed by atoms with Crippen molar-refractivity contribution in [2.75, 3.05) is 18.9 Å². The Kier molecular flexibility index (Phi) is 5.19. The van der Waals surface area contributed by atoms with E-state index in [9.17, 15) is 5.26 Å². The summed E-state index contributed by atoms with van der Waals surface area (Å²) in [4.78, 5) is 4.26. The van der Waals surface area contributed by atoms with Gasteiger partial charge >= 0.3 is 0 Å². The maximum atomic E-state index is 9.19. The van der Waals surface area contributed by atoms with E-state index >= 15 is 0 Å². The molecule has 136 valence electrons. The quantitative estimate of drug-likeness (QED) is 0.794. The first kappa shape index (κ1) is 17.9. The van der Waals surface area contributed by atoms with Crippen molar-refractivity contribution >= 4 is 11.4 Å². The Morgan fingerprint density at radius 2 is 2.19 bits per heavy atom. The van der Waals surface area contributed by atoms with Gasteiger partial charge in [-0.05, 0) is 19.9 Å². The van der Waals surface area contributed by atoms with Gasteiger partial charge in [-0.2, -0.15) is 10.4 Å². The number of nitrogens with one attached hydrogen (secondary N) is 1. The van der Waals surface area contributed by atoms with E-state index < -0.39 is 0 Å². The zero-order chi connectivity index (χ0) is 18.7. The van der Waals surface area contributed by atoms with Gasteiger partial charge in [0.2, 0.25) is 5.88 Å². The highest BCUT2D eigenvalue weighted by molar-refractivity contribution is 6.15. The molecule has 0 radical (unpaired) electrons. The lowest BCUT2D eigenvalue weighted by Crippen LogP contribution is -2.27. The van der Waals surface area contributed by atoms with Crippen LogP contribution < -0.4 is 10.5 Å². The first-order valence-corrected chi connectivity index (χ1v) is 8.58. The summed E-state index contributed by atoms with van der Waals surface area (Å²) in [7, 11) is 0. The van der Waals surface area contributed by atoms with Gasteiger partial charge in [-0.1, -0.05) is 0 Å². The number of hydrogen-bond donors (Lipinski definition) is 2. The second-order valence-electron chi connectivity index (χ2n) is 6.50. The van der Waals surface area contributed by atoms with Crippen LogP contribution in [0.1, 0.15) is 49.6 Å². The molecule has 1 fully saturated rings. The maximum absolute atomic E-state index is 9.19. The minimum atomic E-state index is -0.0745. The molecule has 26 heavy (non-hydrogen) atoms. The fourth-order valence-electron chi connectivity index (χ4n) is 2.78. The van der Waals surface area contributed by atoms with Crippen molar-refractivity contribution in [1.82, 2.24) is 14.8 Å². The monoisotopic (exact) mass is 354 g/mol. The van der Waals surface area contributed by atoms with Crippen LogP contribution in [0.4, 0.5) is 5.69 Å². The fraction of sp³-hybridized carbons (Fsp3) is 0.444. The Hall–Kier alpha value is -2.92. The molecule has 3 heterocycles. The molecule has 0 amide bonds. The van der Waals surface area contributed by atoms with Crippen LogP contribution in [0.5, 0.6) is 5.88 Å². The van der Waals surface area contributed by atoms with Crippen molar-refractivity contribution in [3.8, 4) is 11.9 Å². The van der Waals surface area contributed by atoms with Gasteiger partial charge in [-0.15, -0.1) is 0 Å². The standard InChI is InChI=1S/C18H22N6O2/c1-11(2)24-10-12(9-22-24)17(21)16-15(20)7-13(8-19)23-18(16)26-14-3-5-25-6-4-14/h7,9-11,14,21H,3-6H2,1-2H3,(H2,20,23). The molecule has 2 aromatic rings. The molecule has 1 aliphatic heterocycles. The highest BCUT2D eigenvalue weighted by Gasteiger charge is 2.23. The third-order valence-corrected chi connectivity index (χ3v) is 4.25. The second-order valence-corrected chi connectivity index (χ2v) is 6.50. The highest BCUT2D eigenvalue weighted by Crippen LogP contribution is 2.29. The first-order chi connectivity index (χ1) is 12.5. The second kappa shape index (κ2) is 7.54. The number of ether oxygens (including phenoxy) is 2. The molecule has 0 bridgehead atoms. The van der Waals surface area contributed by atoms with Crippen LogP contribution in [0, 0.1) is 16.7 Å². The van der Waals surface area contributed by atoms with Crippen LogP contribution in [-0.2, 0) is 4.74 Å². The molecule has 0 aromatic carbocycles. The Morgan fingerprint density at radius 3 is 2.81 bits per heavy atom. The number of anilines is 1. The molecular weight excluding hydrogens is 332 g/mol. The van der Waals surface area contributed by atoms with Crippen LogP contribution in [0.15, 0.2) is 18.5 Å². The lowest BCUT2D eigenvalue weighted by Gasteiger charge is -2.24. The van der Waals surface area contributed by atoms with E-state index in [-0.39, 0.29) is 29.4 Å². The summed E-state index contributed by atoms with van der Waals surface area (Å²) < 4.78 is 13.1. The van der Waals surface area contributed by atoms with Crippen LogP contribution in [0.2, 0.25) is 0 Å². The average molecular weight is 354 g/mol. The van der Waals surface area contributed by atoms with E-state index in [1.807, 2.05) is 19.9 Å². The van der Waals surface area contributed by atoms with Crippen molar-refractivity contribution < 1.29 is 9.47 Å². The molecule has 0 saturated carbocycles. The van der Waals surface area contributed by atoms with Gasteiger partial charge in [-0.3, -0.25) is 10.1 Å². The summed E-state index contributed by atoms with van der Waals surface area (Å²) in [6.07, 6.45) is 4.81. The summed E-state index contributed by atoms with van der Waals surface area (Å²) in [6.45, 7) is 5.26. The molecule has 8 heteroatoms. The summed E-state index contributed by atoms with van der Waals surface area (Å²) >= 11 is 0. The molecule has 0 aliphatic carbocycles. The molecular formula is C18H22N6O2. The molecule has 1 saturated heterocycles. The summed E-state index contributed by atoms with van der Waals surface area (Å²) in [6, 6.07) is 3.64. The van der Waals surface area contributed by atoms with Crippen molar-refractivity contribution in [1.29, 1.82) is 10.7 Å². The lowest BCUT2D eigenvalue weighted by atomic mass is 10.0. The smallest absolute Gasteiger partial charge is 0.226 e. The molecule has 8 nitrogen and oxygen atoms in total. The number of nitrogens with zero attached hydrogens (tertiary/aromatic N) is 4. The highest BCUT2D eigenvalue weighted by atomic mass is 16.5. The van der Waals surface area contributed by atoms with Crippen molar-refractivity contribution in [2.24, 2.45) is 0 Å². The molecule has 2 aromatic heterocycles. The van der Waals surface area contributed by atoms with Crippen LogP contribution in [0.3, 0.4) is 0 Å². The minimum Gasteiger partial charge on any atom is -0.474 e. The summed E-state index contributed by atoms with van der Waals surface area (Å²) in [5.74, 6) is 0.218. The zero-order valence-corrected chi connectivity index (χ0v) is 14.9. The van der Waals surface area contributed by atoms with Crippen LogP contribution >= 0.6 is 0 Å². The number of rotatable bonds is 5. The van der Waals surface area contributed by atoms with E-state index in [1.54, 1.807) is 17.1 Å². The minimum absolute atomic E-state index is 0.0745. The predicted molar refractivity (Wildman–Crippen MR) is 96.4 cm³/mol. The van der Waals surface area contributed by atoms with Gasteiger partial charge in [0.15, 0.2) is 0 Å². The number of aromatic nitrogens is 3. The molecule has 3 rings (SSSR count). The molecule has 0 spiro atoms. The number of pyridine rings is 1. The van der Waals surface area contributed by atoms with Crippen LogP contribution in [0.25, 0.3) is 0 Å². The van der Waals surface area contributed by atoms with Gasteiger partial charge in [0.1, 0.15) is 17.9 Å². The van der Waals surface area contributed by atoms with Gasteiger partial charge in [0.05, 0.1) is 30.7 Å². The fourth-order valence-corrected chi connectivity index (χ4v) is 2.78. The van der Waals surface area contributed by atoms with E-state index in [4.69, 9.17) is 20.6 Å². The van der Waals surface area contributed by atoms with E-state index in [0.29, 0.717) is 30.0 Å². The third kappa shape index (κ3) is 3.68. The van der Waals surface area contributed by atoms with Gasteiger partial charge in [0, 0.05) is 36.3 Å². The number of hydrogen-bond acceptors (Lipinski definition) is 7. The molecule has 0 unspecified atom stereocenters. The van der Waals surface area contributed by atoms with Gasteiger partial charge in [-0.25, -0.2) is 4.98 Å². The molecule has 0 atom stereocenters. The Bertz CT molecular complexity index is 846. The average Bonchev–Trinajstić information content (AvgIpc) is 3.12. The summed E-state index contributed by atoms with van der Waals surface area (Å²) in [5.41, 5.74) is 7.78. The topological polar surface area (TPSA) is 123 Å². The zero-order valence-electron chi connectivity index (χ0n) is 14.9. The largest absolute Gasteiger partial charge is 0.474 e. The summed E-state index contributed by atoms with van der Waals surface area (Å²) in [5, 5.41) is 22.1. The Balaban J connectivity index is 1.98. The van der Waals surface area contributed by atoms with Gasteiger partial charge < -0.3 is 15.2 Å². The maximum Gasteiger partial charge on any atom is 0.226 e. The lowest BCUT2D eigenvalue weighted by molar-refractivity contribution is 0.0237. The Morgan fingerprint density at radius 1 is 1.46 bits per heavy atom. The molecule has 1 aliphatic rings. The van der Waals surface area contributed by atoms with E-state index in [2.05, 4.69) is 10.1 Å². The van der Waals surface area contributed by atoms with Crippen molar-refractivity contribution in [3.63, 3.8) is 0 Å². The molecule has 3 N–H and O–H groups in total. The Labute approximate surface area is 152 Å². The van der Waals surface area contributed by atoms with Crippen molar-refractivity contribution in [3.05, 3.63) is 35.3 Å².